The Bertz CT molecular complexity index is 1010. The molecule has 0 spiro atoms. The van der Waals surface area contributed by atoms with E-state index < -0.39 is 30.4 Å². The number of rotatable bonds is 8. The number of methoxy groups -OCH3 is 1. The summed E-state index contributed by atoms with van der Waals surface area (Å²) in [6.07, 6.45) is 5.01. The number of hydrogen-bond acceptors (Lipinski definition) is 6. The number of ether oxygens (including phenoxy) is 2. The molecule has 1 saturated carbocycles. The Morgan fingerprint density at radius 3 is 2.47 bits per heavy atom. The van der Waals surface area contributed by atoms with Crippen molar-refractivity contribution in [1.82, 2.24) is 9.97 Å². The lowest BCUT2D eigenvalue weighted by atomic mass is 9.85. The summed E-state index contributed by atoms with van der Waals surface area (Å²) in [5.41, 5.74) is 1.40. The number of nitrogens with one attached hydrogen (secondary N) is 1. The molecule has 0 atom stereocenters. The maximum atomic E-state index is 13.6. The molecule has 2 heterocycles. The molecule has 2 N–H and O–H groups in total. The highest BCUT2D eigenvalue weighted by atomic mass is 19.3. The number of nitrogens with zero attached hydrogens (tertiary/aromatic N) is 3. The van der Waals surface area contributed by atoms with E-state index in [1.165, 1.54) is 24.1 Å². The van der Waals surface area contributed by atoms with Crippen molar-refractivity contribution in [2.45, 2.75) is 58.1 Å². The van der Waals surface area contributed by atoms with Crippen molar-refractivity contribution in [2.24, 2.45) is 5.92 Å². The first-order valence-electron chi connectivity index (χ1n) is 11.0. The molecule has 1 aliphatic carbocycles. The van der Waals surface area contributed by atoms with E-state index in [-0.39, 0.29) is 23.5 Å². The van der Waals surface area contributed by atoms with Crippen LogP contribution in [0.2, 0.25) is 0 Å². The molecule has 0 saturated heterocycles. The van der Waals surface area contributed by atoms with Gasteiger partial charge in [-0.05, 0) is 49.3 Å². The van der Waals surface area contributed by atoms with Crippen LogP contribution in [0, 0.1) is 5.92 Å². The van der Waals surface area contributed by atoms with E-state index in [1.54, 1.807) is 12.4 Å². The van der Waals surface area contributed by atoms with Gasteiger partial charge in [0.25, 0.3) is 0 Å². The van der Waals surface area contributed by atoms with Gasteiger partial charge in [0, 0.05) is 18.3 Å². The van der Waals surface area contributed by atoms with E-state index in [1.807, 2.05) is 19.9 Å². The van der Waals surface area contributed by atoms with Crippen LogP contribution in [0.25, 0.3) is 0 Å². The summed E-state index contributed by atoms with van der Waals surface area (Å²) in [6.45, 7) is 0.819. The Hall–Kier alpha value is -3.50. The second-order valence-corrected chi connectivity index (χ2v) is 8.32. The summed E-state index contributed by atoms with van der Waals surface area (Å²) < 4.78 is 35.3. The van der Waals surface area contributed by atoms with Crippen LogP contribution in [0.4, 0.5) is 25.0 Å². The molecule has 1 fully saturated rings. The number of carbonyl (C=O) groups is 2. The monoisotopic (exact) mass is 478 g/mol. The highest BCUT2D eigenvalue weighted by molar-refractivity contribution is 6.03. The molecular weight excluding hydrogens is 450 g/mol. The fourth-order valence-corrected chi connectivity index (χ4v) is 4.12. The number of halogens is 2. The zero-order chi connectivity index (χ0) is 24.8. The minimum atomic E-state index is -3.15. The van der Waals surface area contributed by atoms with Crippen LogP contribution < -0.4 is 19.7 Å². The molecule has 11 heteroatoms. The minimum absolute atomic E-state index is 0.0480. The van der Waals surface area contributed by atoms with Gasteiger partial charge in [0.05, 0.1) is 24.9 Å². The molecule has 0 aromatic carbocycles. The summed E-state index contributed by atoms with van der Waals surface area (Å²) >= 11 is 0. The Balaban J connectivity index is 1.96. The third-order valence-electron chi connectivity index (χ3n) is 5.83. The average molecular weight is 478 g/mol. The number of carbonyl (C=O) groups excluding carboxylic acids is 1. The lowest BCUT2D eigenvalue weighted by Gasteiger charge is -2.37. The van der Waals surface area contributed by atoms with E-state index >= 15 is 0 Å². The molecule has 9 nitrogen and oxygen atoms in total. The summed E-state index contributed by atoms with van der Waals surface area (Å²) in [6, 6.07) is 3.72. The molecule has 0 unspecified atom stereocenters. The predicted molar refractivity (Wildman–Crippen MR) is 121 cm³/mol. The van der Waals surface area contributed by atoms with Crippen LogP contribution in [0.1, 0.15) is 51.0 Å². The Morgan fingerprint density at radius 2 is 1.88 bits per heavy atom. The average Bonchev–Trinajstić information content (AvgIpc) is 2.80. The number of alkyl halides is 2. The van der Waals surface area contributed by atoms with Gasteiger partial charge in [0.15, 0.2) is 0 Å². The Kier molecular flexibility index (Phi) is 8.19. The lowest BCUT2D eigenvalue weighted by molar-refractivity contribution is -0.142. The number of pyridine rings is 2. The zero-order valence-electron chi connectivity index (χ0n) is 19.2. The van der Waals surface area contributed by atoms with Gasteiger partial charge in [0.2, 0.25) is 11.8 Å². The first kappa shape index (κ1) is 25.1. The minimum Gasteiger partial charge on any atom is -0.481 e. The fourth-order valence-electron chi connectivity index (χ4n) is 4.12. The zero-order valence-corrected chi connectivity index (χ0v) is 19.2. The third-order valence-corrected chi connectivity index (χ3v) is 5.83. The van der Waals surface area contributed by atoms with Gasteiger partial charge >= 0.3 is 18.6 Å². The van der Waals surface area contributed by atoms with Gasteiger partial charge in [-0.1, -0.05) is 13.8 Å². The van der Waals surface area contributed by atoms with Gasteiger partial charge in [-0.3, -0.25) is 14.7 Å². The second-order valence-electron chi connectivity index (χ2n) is 8.32. The number of carboxylic acids is 1. The molecule has 3 rings (SSSR count). The second kappa shape index (κ2) is 11.1. The lowest BCUT2D eigenvalue weighted by Crippen LogP contribution is -2.46. The van der Waals surface area contributed by atoms with E-state index in [0.717, 1.165) is 5.56 Å². The summed E-state index contributed by atoms with van der Waals surface area (Å²) in [5, 5.41) is 12.0. The molecule has 0 radical (unpaired) electrons. The van der Waals surface area contributed by atoms with Gasteiger partial charge < -0.3 is 19.9 Å². The highest BCUT2D eigenvalue weighted by Gasteiger charge is 2.34. The maximum Gasteiger partial charge on any atom is 0.388 e. The number of anilines is 2. The first-order chi connectivity index (χ1) is 16.2. The number of amides is 2. The summed E-state index contributed by atoms with van der Waals surface area (Å²) in [4.78, 5) is 34.6. The third kappa shape index (κ3) is 5.89. The standard InChI is InChI=1S/C23H28F2N4O5/c1-13(2)16-10-11-26-12-18(16)29(15-6-4-14(5-7-15)21(30)31)23(32)27-17-8-9-19(33-3)28-20(17)34-22(24)25/h8-15,22H,4-7H2,1-3H3,(H,27,32)(H,30,31). The number of aliphatic carboxylic acids is 1. The number of urea groups is 1. The number of aromatic nitrogens is 2. The van der Waals surface area contributed by atoms with Crippen molar-refractivity contribution in [3.05, 3.63) is 36.2 Å². The van der Waals surface area contributed by atoms with Crippen molar-refractivity contribution in [3.8, 4) is 11.8 Å². The van der Waals surface area contributed by atoms with Gasteiger partial charge in [-0.25, -0.2) is 4.79 Å². The van der Waals surface area contributed by atoms with Crippen LogP contribution in [0.5, 0.6) is 11.8 Å². The number of hydrogen-bond donors (Lipinski definition) is 2. The van der Waals surface area contributed by atoms with E-state index in [0.29, 0.717) is 31.4 Å². The predicted octanol–water partition coefficient (Wildman–Crippen LogP) is 4.89. The molecule has 1 aliphatic rings. The van der Waals surface area contributed by atoms with Crippen molar-refractivity contribution in [2.75, 3.05) is 17.3 Å². The van der Waals surface area contributed by atoms with Crippen molar-refractivity contribution in [1.29, 1.82) is 0 Å². The van der Waals surface area contributed by atoms with Crippen molar-refractivity contribution in [3.63, 3.8) is 0 Å². The molecule has 2 amide bonds. The fraction of sp³-hybridized carbons (Fsp3) is 0.478. The smallest absolute Gasteiger partial charge is 0.388 e. The first-order valence-corrected chi connectivity index (χ1v) is 11.0. The summed E-state index contributed by atoms with van der Waals surface area (Å²) in [7, 11) is 1.33. The van der Waals surface area contributed by atoms with Gasteiger partial charge in [-0.2, -0.15) is 13.8 Å². The Labute approximate surface area is 196 Å². The maximum absolute atomic E-state index is 13.6. The Morgan fingerprint density at radius 1 is 1.18 bits per heavy atom. The quantitative estimate of drug-likeness (QED) is 0.555. The van der Waals surface area contributed by atoms with Crippen molar-refractivity contribution < 1.29 is 33.0 Å². The molecule has 184 valence electrons. The molecule has 2 aromatic rings. The SMILES string of the molecule is COc1ccc(NC(=O)N(c2cnccc2C(C)C)C2CCC(C(=O)O)CC2)c(OC(F)F)n1. The van der Waals surface area contributed by atoms with Crippen molar-refractivity contribution >= 4 is 23.4 Å². The van der Waals surface area contributed by atoms with E-state index in [2.05, 4.69) is 20.0 Å². The van der Waals surface area contributed by atoms with Gasteiger partial charge in [-0.15, -0.1) is 0 Å². The molecule has 0 bridgehead atoms. The molecule has 34 heavy (non-hydrogen) atoms. The molecule has 2 aromatic heterocycles. The van der Waals surface area contributed by atoms with Crippen LogP contribution >= 0.6 is 0 Å². The number of carboxylic acid groups (broad SMARTS) is 1. The topological polar surface area (TPSA) is 114 Å². The van der Waals surface area contributed by atoms with Gasteiger partial charge in [0.1, 0.15) is 5.69 Å². The van der Waals surface area contributed by atoms with Crippen LogP contribution in [0.3, 0.4) is 0 Å². The highest BCUT2D eigenvalue weighted by Crippen LogP contribution is 2.35. The van der Waals surface area contributed by atoms with Crippen LogP contribution in [-0.2, 0) is 4.79 Å². The normalized spacial score (nSPS) is 18.0. The van der Waals surface area contributed by atoms with Crippen LogP contribution in [-0.4, -0.2) is 46.8 Å². The molecular formula is C23H28F2N4O5. The van der Waals surface area contributed by atoms with E-state index in [4.69, 9.17) is 4.74 Å². The molecule has 0 aliphatic heterocycles. The largest absolute Gasteiger partial charge is 0.481 e. The van der Waals surface area contributed by atoms with Crippen LogP contribution in [0.15, 0.2) is 30.6 Å². The van der Waals surface area contributed by atoms with E-state index in [9.17, 15) is 23.5 Å². The summed E-state index contributed by atoms with van der Waals surface area (Å²) in [5.74, 6) is -1.67.